The predicted molar refractivity (Wildman–Crippen MR) is 160 cm³/mol. The Bertz CT molecular complexity index is 1460. The van der Waals surface area contributed by atoms with Gasteiger partial charge in [-0.1, -0.05) is 60.1 Å². The molecule has 217 valence electrons. The number of anilines is 1. The number of halogens is 1. The summed E-state index contributed by atoms with van der Waals surface area (Å²) in [4.78, 5) is 57.0. The standard InChI is InChI=1S/C32H33ClN5O4/c33-25-13-10-23(11-14-25)12-15-29(40)36-18-16-32(17-19-36)31(42)37(22-38(32)26-7-2-1-3-8-26)21-28(39)35-20-24-6-4-5-9-27(24)30(34)41/h1-11,13-15H,12,16-22H2,(H2,34,41)(H,35,39). The van der Waals surface area contributed by atoms with E-state index in [0.29, 0.717) is 48.5 Å². The number of hydrogen-bond acceptors (Lipinski definition) is 5. The normalized spacial score (nSPS) is 16.1. The third kappa shape index (κ3) is 6.26. The van der Waals surface area contributed by atoms with Gasteiger partial charge in [-0.05, 0) is 60.7 Å². The molecule has 2 saturated heterocycles. The van der Waals surface area contributed by atoms with Crippen molar-refractivity contribution in [2.24, 2.45) is 5.73 Å². The van der Waals surface area contributed by atoms with Crippen molar-refractivity contribution in [1.82, 2.24) is 15.1 Å². The van der Waals surface area contributed by atoms with Gasteiger partial charge in [-0.2, -0.15) is 0 Å². The van der Waals surface area contributed by atoms with Crippen molar-refractivity contribution < 1.29 is 19.2 Å². The van der Waals surface area contributed by atoms with Crippen LogP contribution in [0.25, 0.3) is 0 Å². The fourth-order valence-electron chi connectivity index (χ4n) is 5.71. The molecule has 4 amide bonds. The van der Waals surface area contributed by atoms with Crippen molar-refractivity contribution in [2.75, 3.05) is 31.2 Å². The number of likely N-dealkylation sites (tertiary alicyclic amines) is 1. The van der Waals surface area contributed by atoms with Gasteiger partial charge in [0.05, 0.1) is 13.1 Å². The number of nitrogens with one attached hydrogen (secondary N) is 1. The number of hydrogen-bond donors (Lipinski definition) is 2. The lowest BCUT2D eigenvalue weighted by atomic mass is 9.85. The van der Waals surface area contributed by atoms with Crippen LogP contribution in [-0.2, 0) is 27.3 Å². The first-order valence-corrected chi connectivity index (χ1v) is 14.3. The Morgan fingerprint density at radius 1 is 0.929 bits per heavy atom. The molecule has 3 aromatic rings. The van der Waals surface area contributed by atoms with Gasteiger partial charge in [0.25, 0.3) is 5.91 Å². The van der Waals surface area contributed by atoms with Crippen molar-refractivity contribution in [3.63, 3.8) is 0 Å². The van der Waals surface area contributed by atoms with Crippen LogP contribution < -0.4 is 16.0 Å². The van der Waals surface area contributed by atoms with Crippen LogP contribution in [0.3, 0.4) is 0 Å². The van der Waals surface area contributed by atoms with Gasteiger partial charge in [-0.25, -0.2) is 0 Å². The summed E-state index contributed by atoms with van der Waals surface area (Å²) in [5.74, 6) is -1.10. The van der Waals surface area contributed by atoms with Crippen LogP contribution in [0.1, 0.15) is 34.3 Å². The van der Waals surface area contributed by atoms with E-state index in [9.17, 15) is 19.2 Å². The SMILES string of the molecule is NC(=O)c1ccccc1CNC(=O)CN1CN(c2ccccc2)C2(CCN(C(=O)[CH]Cc3ccc(Cl)cc3)CC2)C1=O. The van der Waals surface area contributed by atoms with Crippen molar-refractivity contribution in [3.05, 3.63) is 107 Å². The van der Waals surface area contributed by atoms with E-state index < -0.39 is 11.4 Å². The maximum absolute atomic E-state index is 14.0. The number of benzene rings is 3. The van der Waals surface area contributed by atoms with E-state index in [2.05, 4.69) is 10.2 Å². The van der Waals surface area contributed by atoms with Crippen LogP contribution in [0.4, 0.5) is 5.69 Å². The minimum atomic E-state index is -0.854. The van der Waals surface area contributed by atoms with E-state index in [1.54, 1.807) is 52.6 Å². The lowest BCUT2D eigenvalue weighted by Gasteiger charge is -2.43. The minimum Gasteiger partial charge on any atom is -0.366 e. The van der Waals surface area contributed by atoms with E-state index in [-0.39, 0.29) is 37.5 Å². The van der Waals surface area contributed by atoms with E-state index in [1.807, 2.05) is 42.5 Å². The highest BCUT2D eigenvalue weighted by Crippen LogP contribution is 2.39. The predicted octanol–water partition coefficient (Wildman–Crippen LogP) is 3.17. The van der Waals surface area contributed by atoms with Crippen LogP contribution in [-0.4, -0.2) is 65.3 Å². The van der Waals surface area contributed by atoms with Gasteiger partial charge in [0.2, 0.25) is 17.7 Å². The quantitative estimate of drug-likeness (QED) is 0.400. The van der Waals surface area contributed by atoms with E-state index >= 15 is 0 Å². The molecular weight excluding hydrogens is 554 g/mol. The molecule has 10 heteroatoms. The molecule has 1 radical (unpaired) electrons. The van der Waals surface area contributed by atoms with Gasteiger partial charge in [0.15, 0.2) is 0 Å². The van der Waals surface area contributed by atoms with E-state index in [4.69, 9.17) is 17.3 Å². The Balaban J connectivity index is 1.24. The average Bonchev–Trinajstić information content (AvgIpc) is 3.26. The fourth-order valence-corrected chi connectivity index (χ4v) is 5.84. The lowest BCUT2D eigenvalue weighted by molar-refractivity contribution is -0.139. The number of carbonyl (C=O) groups is 4. The first-order chi connectivity index (χ1) is 20.3. The Kier molecular flexibility index (Phi) is 8.77. The first-order valence-electron chi connectivity index (χ1n) is 13.9. The van der Waals surface area contributed by atoms with E-state index in [0.717, 1.165) is 11.3 Å². The van der Waals surface area contributed by atoms with Crippen LogP contribution in [0.5, 0.6) is 0 Å². The zero-order valence-electron chi connectivity index (χ0n) is 23.2. The van der Waals surface area contributed by atoms with Gasteiger partial charge in [0, 0.05) is 35.9 Å². The molecule has 3 aromatic carbocycles. The molecule has 2 aliphatic heterocycles. The van der Waals surface area contributed by atoms with E-state index in [1.165, 1.54) is 0 Å². The van der Waals surface area contributed by atoms with Gasteiger partial charge < -0.3 is 25.8 Å². The zero-order chi connectivity index (χ0) is 29.7. The summed E-state index contributed by atoms with van der Waals surface area (Å²) >= 11 is 5.96. The van der Waals surface area contributed by atoms with Crippen molar-refractivity contribution >= 4 is 40.9 Å². The highest BCUT2D eigenvalue weighted by Gasteiger charge is 2.54. The Labute approximate surface area is 250 Å². The van der Waals surface area contributed by atoms with Crippen molar-refractivity contribution in [2.45, 2.75) is 31.3 Å². The molecule has 1 spiro atoms. The second kappa shape index (κ2) is 12.7. The van der Waals surface area contributed by atoms with Crippen LogP contribution in [0.2, 0.25) is 5.02 Å². The number of nitrogens with zero attached hydrogens (tertiary/aromatic N) is 3. The summed E-state index contributed by atoms with van der Waals surface area (Å²) in [7, 11) is 0. The molecule has 0 unspecified atom stereocenters. The largest absolute Gasteiger partial charge is 0.366 e. The smallest absolute Gasteiger partial charge is 0.250 e. The highest BCUT2D eigenvalue weighted by molar-refractivity contribution is 6.30. The number of para-hydroxylation sites is 1. The monoisotopic (exact) mass is 586 g/mol. The molecule has 42 heavy (non-hydrogen) atoms. The summed E-state index contributed by atoms with van der Waals surface area (Å²) in [5.41, 5.74) is 7.44. The molecule has 0 bridgehead atoms. The van der Waals surface area contributed by atoms with Gasteiger partial charge in [0.1, 0.15) is 12.1 Å². The number of piperidine rings is 1. The summed E-state index contributed by atoms with van der Waals surface area (Å²) in [6, 6.07) is 23.9. The number of amides is 4. The van der Waals surface area contributed by atoms with Crippen LogP contribution in [0.15, 0.2) is 78.9 Å². The second-order valence-corrected chi connectivity index (χ2v) is 11.0. The summed E-state index contributed by atoms with van der Waals surface area (Å²) < 4.78 is 0. The maximum Gasteiger partial charge on any atom is 0.250 e. The second-order valence-electron chi connectivity index (χ2n) is 10.6. The summed E-state index contributed by atoms with van der Waals surface area (Å²) in [5, 5.41) is 3.47. The third-order valence-electron chi connectivity index (χ3n) is 8.00. The van der Waals surface area contributed by atoms with Crippen LogP contribution in [0, 0.1) is 6.42 Å². The summed E-state index contributed by atoms with van der Waals surface area (Å²) in [6.45, 7) is 1.10. The minimum absolute atomic E-state index is 0.0658. The maximum atomic E-state index is 14.0. The molecule has 0 atom stereocenters. The molecule has 2 aliphatic rings. The molecule has 0 aliphatic carbocycles. The number of nitrogens with two attached hydrogens (primary N) is 1. The molecule has 0 saturated carbocycles. The molecule has 2 fully saturated rings. The van der Waals surface area contributed by atoms with Gasteiger partial charge in [-0.3, -0.25) is 19.2 Å². The van der Waals surface area contributed by atoms with Gasteiger partial charge in [-0.15, -0.1) is 0 Å². The number of rotatable bonds is 9. The topological polar surface area (TPSA) is 116 Å². The third-order valence-corrected chi connectivity index (χ3v) is 8.26. The fraction of sp³-hybridized carbons (Fsp3) is 0.281. The average molecular weight is 587 g/mol. The van der Waals surface area contributed by atoms with Crippen molar-refractivity contribution in [1.29, 1.82) is 0 Å². The number of carbonyl (C=O) groups excluding carboxylic acids is 4. The molecule has 0 aromatic heterocycles. The van der Waals surface area contributed by atoms with Crippen LogP contribution >= 0.6 is 11.6 Å². The Hall–Kier alpha value is -4.37. The number of primary amides is 1. The summed E-state index contributed by atoms with van der Waals surface area (Å²) in [6.07, 6.45) is 3.07. The lowest BCUT2D eigenvalue weighted by Crippen LogP contribution is -2.57. The molecule has 9 nitrogen and oxygen atoms in total. The molecular formula is C32H33ClN5O4. The molecule has 3 N–H and O–H groups in total. The molecule has 5 rings (SSSR count). The molecule has 2 heterocycles. The Morgan fingerprint density at radius 2 is 1.60 bits per heavy atom. The highest BCUT2D eigenvalue weighted by atomic mass is 35.5. The van der Waals surface area contributed by atoms with Gasteiger partial charge >= 0.3 is 0 Å². The zero-order valence-corrected chi connectivity index (χ0v) is 23.9. The first kappa shape index (κ1) is 29.1. The van der Waals surface area contributed by atoms with Crippen molar-refractivity contribution in [3.8, 4) is 0 Å². The Morgan fingerprint density at radius 3 is 2.29 bits per heavy atom.